The zero-order valence-corrected chi connectivity index (χ0v) is 18.9. The summed E-state index contributed by atoms with van der Waals surface area (Å²) in [6, 6.07) is 15.5. The number of hydrogen-bond acceptors (Lipinski definition) is 6. The minimum atomic E-state index is -3.29. The summed E-state index contributed by atoms with van der Waals surface area (Å²) in [5.41, 5.74) is 2.36. The van der Waals surface area contributed by atoms with Gasteiger partial charge in [-0.1, -0.05) is 41.1 Å². The Morgan fingerprint density at radius 2 is 1.87 bits per heavy atom. The standard InChI is InChI=1S/C22H18ClN3O3S2/c1-31(28,29)18-7-4-15(5-8-18)11-21(27)26(14-16-3-2-10-24-13-16)22-25-19-9-6-17(23)12-20(19)30-22/h2-10,12-13H,11,14H2,1H3. The summed E-state index contributed by atoms with van der Waals surface area (Å²) < 4.78 is 24.2. The van der Waals surface area contributed by atoms with Crippen LogP contribution in [0, 0.1) is 0 Å². The largest absolute Gasteiger partial charge is 0.283 e. The molecule has 0 N–H and O–H groups in total. The number of pyridine rings is 1. The Hall–Kier alpha value is -2.81. The molecule has 0 aliphatic carbocycles. The van der Waals surface area contributed by atoms with Crippen molar-refractivity contribution in [3.63, 3.8) is 0 Å². The van der Waals surface area contributed by atoms with Crippen molar-refractivity contribution >= 4 is 54.0 Å². The number of carbonyl (C=O) groups is 1. The summed E-state index contributed by atoms with van der Waals surface area (Å²) >= 11 is 7.49. The third kappa shape index (κ3) is 5.10. The van der Waals surface area contributed by atoms with E-state index in [1.807, 2.05) is 24.3 Å². The second kappa shape index (κ2) is 8.74. The molecule has 0 unspecified atom stereocenters. The fourth-order valence-corrected chi connectivity index (χ4v) is 4.95. The van der Waals surface area contributed by atoms with E-state index in [1.165, 1.54) is 23.5 Å². The van der Waals surface area contributed by atoms with E-state index in [4.69, 9.17) is 11.6 Å². The maximum absolute atomic E-state index is 13.3. The lowest BCUT2D eigenvalue weighted by Gasteiger charge is -2.20. The molecule has 0 saturated heterocycles. The van der Waals surface area contributed by atoms with Gasteiger partial charge in [-0.3, -0.25) is 14.7 Å². The topological polar surface area (TPSA) is 80.2 Å². The first-order valence-electron chi connectivity index (χ1n) is 9.34. The van der Waals surface area contributed by atoms with Gasteiger partial charge in [0.1, 0.15) is 0 Å². The van der Waals surface area contributed by atoms with Gasteiger partial charge in [0.15, 0.2) is 15.0 Å². The quantitative estimate of drug-likeness (QED) is 0.413. The van der Waals surface area contributed by atoms with Crippen molar-refractivity contribution in [2.45, 2.75) is 17.9 Å². The summed E-state index contributed by atoms with van der Waals surface area (Å²) in [6.07, 6.45) is 4.66. The Morgan fingerprint density at radius 1 is 1.10 bits per heavy atom. The first-order valence-corrected chi connectivity index (χ1v) is 12.4. The summed E-state index contributed by atoms with van der Waals surface area (Å²) in [4.78, 5) is 23.9. The van der Waals surface area contributed by atoms with Gasteiger partial charge in [-0.2, -0.15) is 0 Å². The van der Waals surface area contributed by atoms with Crippen LogP contribution in [0.15, 0.2) is 71.9 Å². The van der Waals surface area contributed by atoms with Crippen LogP contribution in [0.3, 0.4) is 0 Å². The second-order valence-electron chi connectivity index (χ2n) is 7.04. The van der Waals surface area contributed by atoms with Gasteiger partial charge in [-0.25, -0.2) is 13.4 Å². The van der Waals surface area contributed by atoms with Crippen molar-refractivity contribution in [3.8, 4) is 0 Å². The molecule has 4 aromatic rings. The van der Waals surface area contributed by atoms with Crippen molar-refractivity contribution in [3.05, 3.63) is 83.1 Å². The lowest BCUT2D eigenvalue weighted by molar-refractivity contribution is -0.118. The van der Waals surface area contributed by atoms with Crippen molar-refractivity contribution in [2.75, 3.05) is 11.2 Å². The minimum Gasteiger partial charge on any atom is -0.283 e. The van der Waals surface area contributed by atoms with E-state index >= 15 is 0 Å². The number of aromatic nitrogens is 2. The van der Waals surface area contributed by atoms with E-state index in [0.717, 1.165) is 27.6 Å². The van der Waals surface area contributed by atoms with Gasteiger partial charge in [-0.05, 0) is 47.5 Å². The molecule has 158 valence electrons. The molecule has 0 saturated carbocycles. The molecule has 31 heavy (non-hydrogen) atoms. The van der Waals surface area contributed by atoms with Crippen LogP contribution in [-0.2, 0) is 27.6 Å². The fraction of sp³-hybridized carbons (Fsp3) is 0.136. The molecular formula is C22H18ClN3O3S2. The number of thiazole rings is 1. The molecule has 0 aliphatic rings. The normalized spacial score (nSPS) is 11.5. The number of amides is 1. The van der Waals surface area contributed by atoms with E-state index < -0.39 is 9.84 Å². The highest BCUT2D eigenvalue weighted by Gasteiger charge is 2.21. The molecule has 0 bridgehead atoms. The lowest BCUT2D eigenvalue weighted by Crippen LogP contribution is -2.31. The van der Waals surface area contributed by atoms with Gasteiger partial charge in [-0.15, -0.1) is 0 Å². The average molecular weight is 472 g/mol. The zero-order chi connectivity index (χ0) is 22.0. The van der Waals surface area contributed by atoms with Crippen LogP contribution >= 0.6 is 22.9 Å². The van der Waals surface area contributed by atoms with Crippen LogP contribution in [0.5, 0.6) is 0 Å². The maximum atomic E-state index is 13.3. The van der Waals surface area contributed by atoms with E-state index in [0.29, 0.717) is 16.7 Å². The molecule has 0 fully saturated rings. The van der Waals surface area contributed by atoms with E-state index in [1.54, 1.807) is 35.5 Å². The summed E-state index contributed by atoms with van der Waals surface area (Å²) in [6.45, 7) is 0.321. The highest BCUT2D eigenvalue weighted by molar-refractivity contribution is 7.90. The highest BCUT2D eigenvalue weighted by atomic mass is 35.5. The first-order chi connectivity index (χ1) is 14.8. The Balaban J connectivity index is 1.65. The molecule has 1 amide bonds. The van der Waals surface area contributed by atoms with Gasteiger partial charge < -0.3 is 0 Å². The highest BCUT2D eigenvalue weighted by Crippen LogP contribution is 2.32. The molecule has 2 heterocycles. The molecular weight excluding hydrogens is 454 g/mol. The molecule has 0 spiro atoms. The number of benzene rings is 2. The second-order valence-corrected chi connectivity index (χ2v) is 10.5. The summed E-state index contributed by atoms with van der Waals surface area (Å²) in [7, 11) is -3.29. The van der Waals surface area contributed by atoms with Crippen molar-refractivity contribution in [1.29, 1.82) is 0 Å². The first kappa shape index (κ1) is 21.4. The van der Waals surface area contributed by atoms with Crippen molar-refractivity contribution in [2.24, 2.45) is 0 Å². The Kier molecular flexibility index (Phi) is 6.04. The van der Waals surface area contributed by atoms with Crippen LogP contribution in [0.4, 0.5) is 5.13 Å². The third-order valence-electron chi connectivity index (χ3n) is 4.64. The molecule has 0 atom stereocenters. The van der Waals surface area contributed by atoms with Crippen molar-refractivity contribution < 1.29 is 13.2 Å². The molecule has 2 aromatic carbocycles. The number of fused-ring (bicyclic) bond motifs is 1. The molecule has 0 aliphatic heterocycles. The van der Waals surface area contributed by atoms with Crippen LogP contribution < -0.4 is 4.90 Å². The fourth-order valence-electron chi connectivity index (χ4n) is 3.06. The predicted octanol–water partition coefficient (Wildman–Crippen LogP) is 4.52. The van der Waals surface area contributed by atoms with Crippen LogP contribution in [0.2, 0.25) is 5.02 Å². The lowest BCUT2D eigenvalue weighted by atomic mass is 10.1. The Morgan fingerprint density at radius 3 is 2.55 bits per heavy atom. The predicted molar refractivity (Wildman–Crippen MR) is 123 cm³/mol. The van der Waals surface area contributed by atoms with Gasteiger partial charge in [0.2, 0.25) is 5.91 Å². The smallest absolute Gasteiger partial charge is 0.233 e. The van der Waals surface area contributed by atoms with Gasteiger partial charge in [0.05, 0.1) is 28.1 Å². The molecule has 9 heteroatoms. The van der Waals surface area contributed by atoms with Crippen LogP contribution in [0.25, 0.3) is 10.2 Å². The Labute approximate surface area is 189 Å². The number of nitrogens with zero attached hydrogens (tertiary/aromatic N) is 3. The number of anilines is 1. The van der Waals surface area contributed by atoms with E-state index in [9.17, 15) is 13.2 Å². The van der Waals surface area contributed by atoms with Gasteiger partial charge in [0.25, 0.3) is 0 Å². The number of sulfone groups is 1. The zero-order valence-electron chi connectivity index (χ0n) is 16.5. The van der Waals surface area contributed by atoms with Gasteiger partial charge >= 0.3 is 0 Å². The molecule has 6 nitrogen and oxygen atoms in total. The maximum Gasteiger partial charge on any atom is 0.233 e. The van der Waals surface area contributed by atoms with Crippen LogP contribution in [0.1, 0.15) is 11.1 Å². The van der Waals surface area contributed by atoms with E-state index in [-0.39, 0.29) is 17.2 Å². The number of rotatable bonds is 6. The summed E-state index contributed by atoms with van der Waals surface area (Å²) in [5.74, 6) is -0.152. The average Bonchev–Trinajstić information content (AvgIpc) is 3.15. The number of hydrogen-bond donors (Lipinski definition) is 0. The van der Waals surface area contributed by atoms with Crippen molar-refractivity contribution in [1.82, 2.24) is 9.97 Å². The molecule has 0 radical (unpaired) electrons. The molecule has 4 rings (SSSR count). The van der Waals surface area contributed by atoms with E-state index in [2.05, 4.69) is 9.97 Å². The number of carbonyl (C=O) groups excluding carboxylic acids is 1. The number of halogens is 1. The minimum absolute atomic E-state index is 0.112. The van der Waals surface area contributed by atoms with Gasteiger partial charge in [0, 0.05) is 23.7 Å². The molecule has 2 aromatic heterocycles. The Bertz CT molecular complexity index is 1340. The third-order valence-corrected chi connectivity index (χ3v) is 7.05. The van der Waals surface area contributed by atoms with Crippen LogP contribution in [-0.4, -0.2) is 30.5 Å². The SMILES string of the molecule is CS(=O)(=O)c1ccc(CC(=O)N(Cc2cccnc2)c2nc3ccc(Cl)cc3s2)cc1. The summed E-state index contributed by atoms with van der Waals surface area (Å²) in [5, 5.41) is 1.18. The monoisotopic (exact) mass is 471 g/mol.